The molecule has 0 aliphatic rings. The van der Waals surface area contributed by atoms with E-state index in [4.69, 9.17) is 14.2 Å². The van der Waals surface area contributed by atoms with Crippen LogP contribution in [0.25, 0.3) is 0 Å². The number of nitrogens with one attached hydrogen (secondary N) is 1. The average Bonchev–Trinajstić information content (AvgIpc) is 2.76. The third-order valence-electron chi connectivity index (χ3n) is 4.25. The minimum Gasteiger partial charge on any atom is -0.493 e. The Morgan fingerprint density at radius 3 is 2.36 bits per heavy atom. The van der Waals surface area contributed by atoms with Gasteiger partial charge in [-0.3, -0.25) is 4.79 Å². The van der Waals surface area contributed by atoms with Crippen molar-refractivity contribution in [3.63, 3.8) is 0 Å². The van der Waals surface area contributed by atoms with Crippen LogP contribution in [-0.2, 0) is 13.2 Å². The van der Waals surface area contributed by atoms with Gasteiger partial charge in [-0.15, -0.1) is 0 Å². The molecule has 0 aliphatic carbocycles. The molecule has 3 aromatic rings. The van der Waals surface area contributed by atoms with Crippen LogP contribution in [0.1, 0.15) is 21.5 Å². The van der Waals surface area contributed by atoms with Crippen molar-refractivity contribution in [1.29, 1.82) is 0 Å². The third-order valence-corrected chi connectivity index (χ3v) is 4.25. The van der Waals surface area contributed by atoms with Crippen LogP contribution in [0.2, 0.25) is 0 Å². The monoisotopic (exact) mass is 377 g/mol. The van der Waals surface area contributed by atoms with Gasteiger partial charge in [0.05, 0.1) is 14.2 Å². The lowest BCUT2D eigenvalue weighted by Gasteiger charge is -2.11. The van der Waals surface area contributed by atoms with Crippen molar-refractivity contribution in [1.82, 2.24) is 5.32 Å². The summed E-state index contributed by atoms with van der Waals surface area (Å²) in [5, 5.41) is 2.91. The molecule has 0 saturated heterocycles. The summed E-state index contributed by atoms with van der Waals surface area (Å²) in [5.74, 6) is 1.77. The molecule has 0 aliphatic heterocycles. The molecule has 5 nitrogen and oxygen atoms in total. The van der Waals surface area contributed by atoms with E-state index in [1.165, 1.54) is 0 Å². The Labute approximate surface area is 164 Å². The highest BCUT2D eigenvalue weighted by atomic mass is 16.5. The molecule has 1 N–H and O–H groups in total. The van der Waals surface area contributed by atoms with Gasteiger partial charge in [-0.05, 0) is 41.5 Å². The first-order chi connectivity index (χ1) is 13.7. The molecule has 1 amide bonds. The van der Waals surface area contributed by atoms with Crippen molar-refractivity contribution in [2.75, 3.05) is 14.2 Å². The normalized spacial score (nSPS) is 10.2. The van der Waals surface area contributed by atoms with Gasteiger partial charge in [-0.25, -0.2) is 0 Å². The van der Waals surface area contributed by atoms with Crippen LogP contribution in [0.4, 0.5) is 0 Å². The molecule has 0 aromatic heterocycles. The van der Waals surface area contributed by atoms with Crippen molar-refractivity contribution in [3.8, 4) is 17.2 Å². The zero-order valence-corrected chi connectivity index (χ0v) is 16.0. The predicted molar refractivity (Wildman–Crippen MR) is 108 cm³/mol. The molecule has 0 radical (unpaired) electrons. The molecule has 0 bridgehead atoms. The summed E-state index contributed by atoms with van der Waals surface area (Å²) >= 11 is 0. The van der Waals surface area contributed by atoms with E-state index in [1.807, 2.05) is 60.7 Å². The van der Waals surface area contributed by atoms with E-state index in [-0.39, 0.29) is 5.91 Å². The first-order valence-electron chi connectivity index (χ1n) is 8.95. The maximum atomic E-state index is 12.5. The smallest absolute Gasteiger partial charge is 0.251 e. The highest BCUT2D eigenvalue weighted by Gasteiger charge is 2.09. The molecule has 0 spiro atoms. The standard InChI is InChI=1S/C23H23NO4/c1-26-21-12-11-18(13-22(21)27-2)15-24-23(25)19-9-6-10-20(14-19)28-16-17-7-4-3-5-8-17/h3-14H,15-16H2,1-2H3,(H,24,25). The molecule has 144 valence electrons. The lowest BCUT2D eigenvalue weighted by Crippen LogP contribution is -2.22. The van der Waals surface area contributed by atoms with Crippen molar-refractivity contribution in [2.45, 2.75) is 13.2 Å². The van der Waals surface area contributed by atoms with Crippen molar-refractivity contribution in [3.05, 3.63) is 89.5 Å². The van der Waals surface area contributed by atoms with Crippen LogP contribution in [0.15, 0.2) is 72.8 Å². The number of ether oxygens (including phenoxy) is 3. The van der Waals surface area contributed by atoms with Gasteiger partial charge in [0.1, 0.15) is 12.4 Å². The molecular formula is C23H23NO4. The number of rotatable bonds is 8. The molecule has 28 heavy (non-hydrogen) atoms. The number of hydrogen-bond donors (Lipinski definition) is 1. The van der Waals surface area contributed by atoms with E-state index in [0.29, 0.717) is 36.0 Å². The minimum atomic E-state index is -0.167. The summed E-state index contributed by atoms with van der Waals surface area (Å²) in [6.07, 6.45) is 0. The molecule has 0 atom stereocenters. The maximum absolute atomic E-state index is 12.5. The highest BCUT2D eigenvalue weighted by molar-refractivity contribution is 5.94. The van der Waals surface area contributed by atoms with Gasteiger partial charge < -0.3 is 19.5 Å². The molecule has 0 saturated carbocycles. The fourth-order valence-corrected chi connectivity index (χ4v) is 2.74. The molecule has 3 aromatic carbocycles. The second-order valence-electron chi connectivity index (χ2n) is 6.17. The van der Waals surface area contributed by atoms with Crippen LogP contribution in [-0.4, -0.2) is 20.1 Å². The summed E-state index contributed by atoms with van der Waals surface area (Å²) < 4.78 is 16.3. The van der Waals surface area contributed by atoms with Crippen LogP contribution >= 0.6 is 0 Å². The number of benzene rings is 3. The van der Waals surface area contributed by atoms with Gasteiger partial charge in [-0.2, -0.15) is 0 Å². The highest BCUT2D eigenvalue weighted by Crippen LogP contribution is 2.27. The topological polar surface area (TPSA) is 56.8 Å². The maximum Gasteiger partial charge on any atom is 0.251 e. The van der Waals surface area contributed by atoms with E-state index in [2.05, 4.69) is 5.32 Å². The van der Waals surface area contributed by atoms with Crippen molar-refractivity contribution >= 4 is 5.91 Å². The summed E-state index contributed by atoms with van der Waals surface area (Å²) in [7, 11) is 3.17. The Hall–Kier alpha value is -3.47. The van der Waals surface area contributed by atoms with Gasteiger partial charge in [0, 0.05) is 12.1 Å². The lowest BCUT2D eigenvalue weighted by molar-refractivity contribution is 0.0950. The van der Waals surface area contributed by atoms with Gasteiger partial charge in [0.15, 0.2) is 11.5 Å². The van der Waals surface area contributed by atoms with E-state index < -0.39 is 0 Å². The second-order valence-corrected chi connectivity index (χ2v) is 6.17. The minimum absolute atomic E-state index is 0.167. The van der Waals surface area contributed by atoms with E-state index in [0.717, 1.165) is 11.1 Å². The molecule has 5 heteroatoms. The van der Waals surface area contributed by atoms with Crippen molar-refractivity contribution < 1.29 is 19.0 Å². The Bertz CT molecular complexity index is 925. The fraction of sp³-hybridized carbons (Fsp3) is 0.174. The number of amides is 1. The van der Waals surface area contributed by atoms with Crippen molar-refractivity contribution in [2.24, 2.45) is 0 Å². The zero-order valence-electron chi connectivity index (χ0n) is 16.0. The number of hydrogen-bond acceptors (Lipinski definition) is 4. The summed E-state index contributed by atoms with van der Waals surface area (Å²) in [5.41, 5.74) is 2.54. The summed E-state index contributed by atoms with van der Waals surface area (Å²) in [4.78, 5) is 12.5. The lowest BCUT2D eigenvalue weighted by atomic mass is 10.1. The quantitative estimate of drug-likeness (QED) is 0.639. The SMILES string of the molecule is COc1ccc(CNC(=O)c2cccc(OCc3ccccc3)c2)cc1OC. The van der Waals surface area contributed by atoms with Gasteiger partial charge >= 0.3 is 0 Å². The third kappa shape index (κ3) is 5.04. The van der Waals surface area contributed by atoms with E-state index in [9.17, 15) is 4.79 Å². The second kappa shape index (κ2) is 9.46. The first-order valence-corrected chi connectivity index (χ1v) is 8.95. The van der Waals surface area contributed by atoms with Crippen LogP contribution in [0, 0.1) is 0 Å². The molecule has 0 fully saturated rings. The van der Waals surface area contributed by atoms with E-state index >= 15 is 0 Å². The molecular weight excluding hydrogens is 354 g/mol. The Kier molecular flexibility index (Phi) is 6.52. The van der Waals surface area contributed by atoms with Gasteiger partial charge in [0.2, 0.25) is 0 Å². The average molecular weight is 377 g/mol. The Balaban J connectivity index is 1.60. The number of methoxy groups -OCH3 is 2. The number of carbonyl (C=O) groups excluding carboxylic acids is 1. The van der Waals surface area contributed by atoms with Crippen LogP contribution in [0.3, 0.4) is 0 Å². The molecule has 3 rings (SSSR count). The molecule has 0 heterocycles. The van der Waals surface area contributed by atoms with Crippen LogP contribution < -0.4 is 19.5 Å². The Morgan fingerprint density at radius 1 is 0.821 bits per heavy atom. The first kappa shape index (κ1) is 19.3. The van der Waals surface area contributed by atoms with Crippen LogP contribution in [0.5, 0.6) is 17.2 Å². The predicted octanol–water partition coefficient (Wildman–Crippen LogP) is 4.21. The van der Waals surface area contributed by atoms with E-state index in [1.54, 1.807) is 26.4 Å². The zero-order chi connectivity index (χ0) is 19.8. The summed E-state index contributed by atoms with van der Waals surface area (Å²) in [6, 6.07) is 22.6. The van der Waals surface area contributed by atoms with Gasteiger partial charge in [-0.1, -0.05) is 42.5 Å². The fourth-order valence-electron chi connectivity index (χ4n) is 2.74. The Morgan fingerprint density at radius 2 is 1.61 bits per heavy atom. The summed E-state index contributed by atoms with van der Waals surface area (Å²) in [6.45, 7) is 0.839. The number of carbonyl (C=O) groups is 1. The largest absolute Gasteiger partial charge is 0.493 e. The molecule has 0 unspecified atom stereocenters. The van der Waals surface area contributed by atoms with Gasteiger partial charge in [0.25, 0.3) is 5.91 Å².